The number of anilines is 1. The molecule has 3 aliphatic rings. The van der Waals surface area contributed by atoms with Gasteiger partial charge in [-0.2, -0.15) is 0 Å². The van der Waals surface area contributed by atoms with E-state index in [0.717, 1.165) is 29.7 Å². The van der Waals surface area contributed by atoms with E-state index in [1.54, 1.807) is 6.08 Å². The number of amides is 1. The Bertz CT molecular complexity index is 797. The summed E-state index contributed by atoms with van der Waals surface area (Å²) in [6.45, 7) is 0. The third kappa shape index (κ3) is 1.54. The summed E-state index contributed by atoms with van der Waals surface area (Å²) in [4.78, 5) is 12.2. The van der Waals surface area contributed by atoms with Gasteiger partial charge in [-0.3, -0.25) is 4.79 Å². The Morgan fingerprint density at radius 2 is 2.10 bits per heavy atom. The molecule has 20 heavy (non-hydrogen) atoms. The van der Waals surface area contributed by atoms with Gasteiger partial charge >= 0.3 is 0 Å². The quantitative estimate of drug-likeness (QED) is 0.809. The minimum atomic E-state index is -0.509. The summed E-state index contributed by atoms with van der Waals surface area (Å²) in [5, 5.41) is 12.2. The molecule has 4 heteroatoms. The zero-order valence-electron chi connectivity index (χ0n) is 10.4. The molecule has 0 aromatic heterocycles. The predicted octanol–water partition coefficient (Wildman–Crippen LogP) is 2.98. The van der Waals surface area contributed by atoms with Crippen molar-refractivity contribution < 1.29 is 14.3 Å². The lowest BCUT2D eigenvalue weighted by atomic mass is 10.1. The third-order valence-electron chi connectivity index (χ3n) is 3.72. The Kier molecular flexibility index (Phi) is 2.07. The van der Waals surface area contributed by atoms with Crippen LogP contribution in [0, 0.1) is 5.82 Å². The molecule has 2 N–H and O–H groups in total. The first-order valence-electron chi connectivity index (χ1n) is 6.30. The van der Waals surface area contributed by atoms with Crippen molar-refractivity contribution in [3.8, 4) is 5.75 Å². The Morgan fingerprint density at radius 3 is 2.95 bits per heavy atom. The maximum Gasteiger partial charge on any atom is 0.256 e. The smallest absolute Gasteiger partial charge is 0.256 e. The highest BCUT2D eigenvalue weighted by molar-refractivity contribution is 6.09. The molecule has 0 radical (unpaired) electrons. The first kappa shape index (κ1) is 11.2. The number of hydrogen-bond donors (Lipinski definition) is 2. The second-order valence-electron chi connectivity index (χ2n) is 5.01. The van der Waals surface area contributed by atoms with Gasteiger partial charge in [-0.25, -0.2) is 4.39 Å². The molecule has 0 saturated heterocycles. The number of allylic oxidation sites excluding steroid dienone is 6. The molecule has 1 amide bonds. The van der Waals surface area contributed by atoms with Crippen LogP contribution in [-0.4, -0.2) is 11.0 Å². The molecule has 98 valence electrons. The fourth-order valence-electron chi connectivity index (χ4n) is 2.63. The summed E-state index contributed by atoms with van der Waals surface area (Å²) in [5.41, 5.74) is 5.28. The highest BCUT2D eigenvalue weighted by atomic mass is 19.1. The van der Waals surface area contributed by atoms with Gasteiger partial charge in [0.05, 0.1) is 5.69 Å². The first-order chi connectivity index (χ1) is 9.63. The molecule has 1 aromatic rings. The molecule has 1 fully saturated rings. The molecule has 3 nitrogen and oxygen atoms in total. The summed E-state index contributed by atoms with van der Waals surface area (Å²) in [7, 11) is 0. The van der Waals surface area contributed by atoms with Crippen LogP contribution >= 0.6 is 0 Å². The molecule has 0 spiro atoms. The van der Waals surface area contributed by atoms with Crippen LogP contribution in [0.25, 0.3) is 0 Å². The van der Waals surface area contributed by atoms with Gasteiger partial charge in [0.25, 0.3) is 5.91 Å². The molecule has 0 aliphatic heterocycles. The molecule has 0 atom stereocenters. The van der Waals surface area contributed by atoms with Gasteiger partial charge in [-0.1, -0.05) is 6.08 Å². The van der Waals surface area contributed by atoms with Crippen LogP contribution in [0.2, 0.25) is 0 Å². The second kappa shape index (κ2) is 3.70. The summed E-state index contributed by atoms with van der Waals surface area (Å²) in [5.74, 6) is -1.01. The number of rotatable bonds is 2. The molecular weight excluding hydrogens is 257 g/mol. The third-order valence-corrected chi connectivity index (χ3v) is 3.72. The van der Waals surface area contributed by atoms with Crippen LogP contribution < -0.4 is 5.32 Å². The van der Waals surface area contributed by atoms with Gasteiger partial charge < -0.3 is 10.4 Å². The van der Waals surface area contributed by atoms with E-state index in [0.29, 0.717) is 5.57 Å². The summed E-state index contributed by atoms with van der Waals surface area (Å²) < 4.78 is 13.1. The monoisotopic (exact) mass is 267 g/mol. The molecule has 4 rings (SSSR count). The average molecular weight is 267 g/mol. The van der Waals surface area contributed by atoms with Crippen molar-refractivity contribution in [3.63, 3.8) is 0 Å². The summed E-state index contributed by atoms with van der Waals surface area (Å²) >= 11 is 0. The SMILES string of the molecule is O=C(Nc1cc(F)ccc1O)C1=C2C=C3CC3=C2C=C1. The van der Waals surface area contributed by atoms with Gasteiger partial charge in [-0.05, 0) is 53.0 Å². The Balaban J connectivity index is 1.65. The van der Waals surface area contributed by atoms with Gasteiger partial charge in [-0.15, -0.1) is 0 Å². The maximum atomic E-state index is 13.1. The van der Waals surface area contributed by atoms with Crippen molar-refractivity contribution in [3.05, 3.63) is 70.1 Å². The van der Waals surface area contributed by atoms with Crippen molar-refractivity contribution in [1.29, 1.82) is 0 Å². The van der Waals surface area contributed by atoms with Gasteiger partial charge in [0.2, 0.25) is 0 Å². The molecule has 0 heterocycles. The van der Waals surface area contributed by atoms with E-state index in [9.17, 15) is 14.3 Å². The number of hydrogen-bond acceptors (Lipinski definition) is 2. The number of fused-ring (bicyclic) bond motifs is 2. The number of nitrogens with one attached hydrogen (secondary N) is 1. The van der Waals surface area contributed by atoms with E-state index in [4.69, 9.17) is 0 Å². The standard InChI is InChI=1S/C16H10FNO2/c17-9-1-4-15(19)14(7-9)18-16(20)11-3-2-10-12-5-8(12)6-13(10)11/h1-4,6-7,19H,5H2,(H,18,20). The Labute approximate surface area is 114 Å². The minimum Gasteiger partial charge on any atom is -0.506 e. The number of phenolic OH excluding ortho intramolecular Hbond substituents is 1. The van der Waals surface area contributed by atoms with E-state index < -0.39 is 5.82 Å². The number of aromatic hydroxyl groups is 1. The van der Waals surface area contributed by atoms with Crippen molar-refractivity contribution in [2.24, 2.45) is 0 Å². The lowest BCUT2D eigenvalue weighted by Gasteiger charge is -2.08. The maximum absolute atomic E-state index is 13.1. The number of benzene rings is 1. The van der Waals surface area contributed by atoms with Gasteiger partial charge in [0.1, 0.15) is 11.6 Å². The molecule has 0 unspecified atom stereocenters. The number of halogens is 1. The largest absolute Gasteiger partial charge is 0.506 e. The van der Waals surface area contributed by atoms with Crippen molar-refractivity contribution >= 4 is 11.6 Å². The highest BCUT2D eigenvalue weighted by Crippen LogP contribution is 2.51. The first-order valence-corrected chi connectivity index (χ1v) is 6.30. The van der Waals surface area contributed by atoms with Crippen molar-refractivity contribution in [1.82, 2.24) is 0 Å². The minimum absolute atomic E-state index is 0.0772. The van der Waals surface area contributed by atoms with Crippen molar-refractivity contribution in [2.45, 2.75) is 6.42 Å². The van der Waals surface area contributed by atoms with Crippen molar-refractivity contribution in [2.75, 3.05) is 5.32 Å². The summed E-state index contributed by atoms with van der Waals surface area (Å²) in [6.07, 6.45) is 6.73. The van der Waals surface area contributed by atoms with Crippen LogP contribution in [-0.2, 0) is 4.79 Å². The lowest BCUT2D eigenvalue weighted by molar-refractivity contribution is -0.112. The molecule has 1 aromatic carbocycles. The van der Waals surface area contributed by atoms with E-state index in [1.807, 2.05) is 12.2 Å². The van der Waals surface area contributed by atoms with E-state index in [1.165, 1.54) is 17.2 Å². The Hall–Kier alpha value is -2.62. The molecule has 1 saturated carbocycles. The molecular formula is C16H10FNO2. The van der Waals surface area contributed by atoms with Crippen LogP contribution in [0.15, 0.2) is 64.3 Å². The second-order valence-corrected chi connectivity index (χ2v) is 5.01. The van der Waals surface area contributed by atoms with E-state index >= 15 is 0 Å². The van der Waals surface area contributed by atoms with Gasteiger partial charge in [0.15, 0.2) is 0 Å². The molecule has 0 bridgehead atoms. The fourth-order valence-corrected chi connectivity index (χ4v) is 2.63. The zero-order valence-corrected chi connectivity index (χ0v) is 10.4. The predicted molar refractivity (Wildman–Crippen MR) is 72.6 cm³/mol. The van der Waals surface area contributed by atoms with Crippen LogP contribution in [0.4, 0.5) is 10.1 Å². The normalized spacial score (nSPS) is 18.1. The molecule has 3 aliphatic carbocycles. The van der Waals surface area contributed by atoms with Crippen LogP contribution in [0.3, 0.4) is 0 Å². The summed E-state index contributed by atoms with van der Waals surface area (Å²) in [6, 6.07) is 3.45. The van der Waals surface area contributed by atoms with Crippen LogP contribution in [0.5, 0.6) is 5.75 Å². The van der Waals surface area contributed by atoms with Gasteiger partial charge in [0, 0.05) is 11.6 Å². The van der Waals surface area contributed by atoms with E-state index in [-0.39, 0.29) is 17.3 Å². The number of phenols is 1. The Morgan fingerprint density at radius 1 is 1.25 bits per heavy atom. The highest BCUT2D eigenvalue weighted by Gasteiger charge is 2.35. The zero-order chi connectivity index (χ0) is 13.9. The number of carbonyl (C=O) groups excluding carboxylic acids is 1. The van der Waals surface area contributed by atoms with E-state index in [2.05, 4.69) is 5.32 Å². The lowest BCUT2D eigenvalue weighted by Crippen LogP contribution is -2.14. The topological polar surface area (TPSA) is 49.3 Å². The number of carbonyl (C=O) groups is 1. The fraction of sp³-hybridized carbons (Fsp3) is 0.0625. The van der Waals surface area contributed by atoms with Crippen LogP contribution in [0.1, 0.15) is 6.42 Å². The average Bonchev–Trinajstić information content (AvgIpc) is 2.90.